The Kier molecular flexibility index (Phi) is 19.0. The van der Waals surface area contributed by atoms with Crippen LogP contribution in [0.5, 0.6) is 0 Å². The number of alkyl halides is 2. The molecule has 1 rings (SSSR count). The van der Waals surface area contributed by atoms with Gasteiger partial charge in [0.05, 0.1) is 13.1 Å². The molecular formula is C15H33F2NO. The Bertz CT molecular complexity index is 187. The zero-order valence-corrected chi connectivity index (χ0v) is 13.9. The Balaban J connectivity index is -0.000000242. The molecule has 0 N–H and O–H groups in total. The molecular weight excluding hydrogens is 248 g/mol. The molecule has 19 heavy (non-hydrogen) atoms. The van der Waals surface area contributed by atoms with Crippen LogP contribution >= 0.6 is 0 Å². The van der Waals surface area contributed by atoms with E-state index in [9.17, 15) is 13.6 Å². The number of nitrogens with zero attached hydrogens (tertiary/aromatic N) is 1. The number of unbranched alkanes of at least 4 members (excludes halogenated alkanes) is 2. The number of hydrogen-bond acceptors (Lipinski definition) is 1. The Hall–Kier alpha value is -0.670. The van der Waals surface area contributed by atoms with E-state index in [0.717, 1.165) is 0 Å². The zero-order valence-electron chi connectivity index (χ0n) is 13.9. The van der Waals surface area contributed by atoms with Gasteiger partial charge in [-0.15, -0.1) is 0 Å². The van der Waals surface area contributed by atoms with Crippen molar-refractivity contribution >= 4 is 5.91 Å². The van der Waals surface area contributed by atoms with Gasteiger partial charge < -0.3 is 4.90 Å². The van der Waals surface area contributed by atoms with Crippen molar-refractivity contribution in [1.29, 1.82) is 0 Å². The molecule has 0 atom stereocenters. The first-order valence-corrected chi connectivity index (χ1v) is 7.62. The van der Waals surface area contributed by atoms with Crippen molar-refractivity contribution in [2.24, 2.45) is 0 Å². The van der Waals surface area contributed by atoms with Gasteiger partial charge in [-0.25, -0.2) is 8.78 Å². The van der Waals surface area contributed by atoms with Gasteiger partial charge in [0.15, 0.2) is 0 Å². The maximum Gasteiger partial charge on any atom is 0.282 e. The highest BCUT2D eigenvalue weighted by atomic mass is 19.3. The molecule has 1 aliphatic rings. The lowest BCUT2D eigenvalue weighted by Crippen LogP contribution is -2.58. The van der Waals surface area contributed by atoms with E-state index in [1.165, 1.54) is 24.2 Å². The van der Waals surface area contributed by atoms with E-state index in [1.54, 1.807) is 6.92 Å². The van der Waals surface area contributed by atoms with Crippen LogP contribution in [0.1, 0.15) is 74.1 Å². The van der Waals surface area contributed by atoms with Crippen molar-refractivity contribution < 1.29 is 13.6 Å². The first-order valence-electron chi connectivity index (χ1n) is 7.62. The van der Waals surface area contributed by atoms with Gasteiger partial charge in [-0.05, 0) is 0 Å². The molecule has 0 aliphatic carbocycles. The van der Waals surface area contributed by atoms with Crippen molar-refractivity contribution in [3.8, 4) is 0 Å². The molecule has 2 nitrogen and oxygen atoms in total. The molecule has 4 heteroatoms. The van der Waals surface area contributed by atoms with Crippen molar-refractivity contribution in [2.45, 2.75) is 80.1 Å². The van der Waals surface area contributed by atoms with E-state index in [1.807, 2.05) is 27.7 Å². The highest BCUT2D eigenvalue weighted by Gasteiger charge is 2.45. The molecule has 0 aromatic rings. The van der Waals surface area contributed by atoms with E-state index >= 15 is 0 Å². The third kappa shape index (κ3) is 13.6. The minimum Gasteiger partial charge on any atom is -0.330 e. The normalized spacial score (nSPS) is 14.5. The maximum absolute atomic E-state index is 12.1. The quantitative estimate of drug-likeness (QED) is 0.703. The van der Waals surface area contributed by atoms with Gasteiger partial charge in [-0.2, -0.15) is 0 Å². The number of carbonyl (C=O) groups is 1. The van der Waals surface area contributed by atoms with Crippen molar-refractivity contribution in [1.82, 2.24) is 4.90 Å². The fraction of sp³-hybridized carbons (Fsp3) is 0.933. The molecule has 0 aromatic heterocycles. The first kappa shape index (κ1) is 23.4. The molecule has 1 amide bonds. The molecule has 0 aromatic carbocycles. The maximum atomic E-state index is 12.1. The van der Waals surface area contributed by atoms with Gasteiger partial charge in [0.1, 0.15) is 0 Å². The highest BCUT2D eigenvalue weighted by molar-refractivity contribution is 5.76. The third-order valence-corrected chi connectivity index (χ3v) is 2.21. The minimum atomic E-state index is -2.62. The molecule has 1 heterocycles. The van der Waals surface area contributed by atoms with Crippen LogP contribution in [-0.4, -0.2) is 29.8 Å². The van der Waals surface area contributed by atoms with E-state index in [0.29, 0.717) is 6.42 Å². The summed E-state index contributed by atoms with van der Waals surface area (Å²) in [4.78, 5) is 11.8. The minimum absolute atomic E-state index is 0.189. The first-order chi connectivity index (χ1) is 8.96. The van der Waals surface area contributed by atoms with Gasteiger partial charge in [-0.1, -0.05) is 67.7 Å². The Morgan fingerprint density at radius 2 is 1.37 bits per heavy atom. The topological polar surface area (TPSA) is 20.3 Å². The van der Waals surface area contributed by atoms with Gasteiger partial charge in [-0.3, -0.25) is 4.79 Å². The Labute approximate surface area is 118 Å². The number of rotatable bonds is 3. The van der Waals surface area contributed by atoms with Crippen LogP contribution in [0.15, 0.2) is 0 Å². The van der Waals surface area contributed by atoms with E-state index < -0.39 is 5.92 Å². The standard InChI is InChI=1S/C6H9F2NO.C5H12.2C2H6/c1-2-5(10)9-3-6(7,8)4-9;1-3-5-4-2;2*1-2/h2-4H2,1H3;3-5H2,1-2H3;2*1-2H3. The van der Waals surface area contributed by atoms with Crippen LogP contribution in [0.25, 0.3) is 0 Å². The van der Waals surface area contributed by atoms with Crippen LogP contribution in [0, 0.1) is 0 Å². The van der Waals surface area contributed by atoms with Crippen molar-refractivity contribution in [3.05, 3.63) is 0 Å². The summed E-state index contributed by atoms with van der Waals surface area (Å²) in [5.41, 5.74) is 0. The largest absolute Gasteiger partial charge is 0.330 e. The number of hydrogen-bond donors (Lipinski definition) is 0. The molecule has 0 radical (unpaired) electrons. The lowest BCUT2D eigenvalue weighted by Gasteiger charge is -2.38. The van der Waals surface area contributed by atoms with Crippen LogP contribution in [0.3, 0.4) is 0 Å². The monoisotopic (exact) mass is 281 g/mol. The smallest absolute Gasteiger partial charge is 0.282 e. The predicted molar refractivity (Wildman–Crippen MR) is 79.7 cm³/mol. The molecule has 1 aliphatic heterocycles. The lowest BCUT2D eigenvalue weighted by atomic mass is 10.1. The summed E-state index contributed by atoms with van der Waals surface area (Å²) in [5.74, 6) is -2.81. The van der Waals surface area contributed by atoms with Crippen molar-refractivity contribution in [3.63, 3.8) is 0 Å². The second kappa shape index (κ2) is 15.4. The van der Waals surface area contributed by atoms with Crippen molar-refractivity contribution in [2.75, 3.05) is 13.1 Å². The third-order valence-electron chi connectivity index (χ3n) is 2.21. The predicted octanol–water partition coefficient (Wildman–Crippen LogP) is 5.12. The van der Waals surface area contributed by atoms with E-state index in [4.69, 9.17) is 0 Å². The molecule has 1 fully saturated rings. The zero-order chi connectivity index (χ0) is 15.9. The summed E-state index contributed by atoms with van der Waals surface area (Å²) < 4.78 is 24.2. The fourth-order valence-electron chi connectivity index (χ4n) is 1.27. The van der Waals surface area contributed by atoms with Crippen LogP contribution in [-0.2, 0) is 4.79 Å². The molecule has 0 saturated carbocycles. The van der Waals surface area contributed by atoms with Gasteiger partial charge >= 0.3 is 0 Å². The van der Waals surface area contributed by atoms with E-state index in [-0.39, 0.29) is 19.0 Å². The van der Waals surface area contributed by atoms with Crippen LogP contribution in [0.4, 0.5) is 8.78 Å². The molecule has 1 saturated heterocycles. The van der Waals surface area contributed by atoms with Gasteiger partial charge in [0.2, 0.25) is 5.91 Å². The average molecular weight is 281 g/mol. The lowest BCUT2D eigenvalue weighted by molar-refractivity contribution is -0.165. The number of likely N-dealkylation sites (tertiary alicyclic amines) is 1. The van der Waals surface area contributed by atoms with Gasteiger partial charge in [0.25, 0.3) is 5.92 Å². The summed E-state index contributed by atoms with van der Waals surface area (Å²) in [7, 11) is 0. The molecule has 0 bridgehead atoms. The second-order valence-electron chi connectivity index (χ2n) is 3.81. The summed E-state index contributed by atoms with van der Waals surface area (Å²) >= 11 is 0. The summed E-state index contributed by atoms with van der Waals surface area (Å²) in [6.45, 7) is 13.3. The fourth-order valence-corrected chi connectivity index (χ4v) is 1.27. The van der Waals surface area contributed by atoms with Gasteiger partial charge in [0, 0.05) is 6.42 Å². The molecule has 0 spiro atoms. The number of carbonyl (C=O) groups excluding carboxylic acids is 1. The van der Waals surface area contributed by atoms with E-state index in [2.05, 4.69) is 13.8 Å². The highest BCUT2D eigenvalue weighted by Crippen LogP contribution is 2.26. The Morgan fingerprint density at radius 1 is 1.00 bits per heavy atom. The summed E-state index contributed by atoms with van der Waals surface area (Å²) in [6, 6.07) is 0. The Morgan fingerprint density at radius 3 is 1.53 bits per heavy atom. The number of amides is 1. The van der Waals surface area contributed by atoms with Crippen LogP contribution in [0.2, 0.25) is 0 Å². The second-order valence-corrected chi connectivity index (χ2v) is 3.81. The number of halogens is 2. The average Bonchev–Trinajstić information content (AvgIpc) is 2.41. The molecule has 0 unspecified atom stereocenters. The van der Waals surface area contributed by atoms with Crippen LogP contribution < -0.4 is 0 Å². The SMILES string of the molecule is CC.CC.CCC(=O)N1CC(F)(F)C1.CCCCC. The molecule has 118 valence electrons. The summed E-state index contributed by atoms with van der Waals surface area (Å²) in [6.07, 6.45) is 4.39. The summed E-state index contributed by atoms with van der Waals surface area (Å²) in [5, 5.41) is 0.